The van der Waals surface area contributed by atoms with Gasteiger partial charge in [0.05, 0.1) is 132 Å². The lowest BCUT2D eigenvalue weighted by Gasteiger charge is -2.09. The van der Waals surface area contributed by atoms with E-state index in [4.69, 9.17) is 57.2 Å². The second kappa shape index (κ2) is 36.6. The second-order valence-corrected chi connectivity index (χ2v) is 9.64. The Kier molecular flexibility index (Phi) is 34.8. The fraction of sp³-hybridized carbons (Fsp3) is 0.839. The molecule has 0 aromatic heterocycles. The zero-order valence-corrected chi connectivity index (χ0v) is 28.0. The monoisotopic (exact) mass is 683 g/mol. The van der Waals surface area contributed by atoms with Gasteiger partial charge < -0.3 is 62.5 Å². The highest BCUT2D eigenvalue weighted by molar-refractivity contribution is 5.86. The Hall–Kier alpha value is -2.25. The highest BCUT2D eigenvalue weighted by atomic mass is 16.6. The van der Waals surface area contributed by atoms with Crippen LogP contribution in [0.15, 0.2) is 12.2 Å². The van der Waals surface area contributed by atoms with E-state index in [0.29, 0.717) is 151 Å². The number of carboxylic acids is 1. The van der Waals surface area contributed by atoms with Gasteiger partial charge in [0.1, 0.15) is 6.61 Å². The number of hydrogen-bond acceptors (Lipinski definition) is 14. The fourth-order valence-electron chi connectivity index (χ4n) is 3.11. The Morgan fingerprint density at radius 1 is 0.489 bits per heavy atom. The number of rotatable bonds is 38. The molecule has 2 N–H and O–H groups in total. The summed E-state index contributed by atoms with van der Waals surface area (Å²) in [5.74, 6) is -1.68. The first kappa shape index (κ1) is 44.8. The van der Waals surface area contributed by atoms with Crippen LogP contribution in [0.2, 0.25) is 0 Å². The Morgan fingerprint density at radius 2 is 0.787 bits per heavy atom. The summed E-state index contributed by atoms with van der Waals surface area (Å²) in [5.41, 5.74) is 0.363. The van der Waals surface area contributed by atoms with Gasteiger partial charge >= 0.3 is 11.9 Å². The van der Waals surface area contributed by atoms with Gasteiger partial charge in [0.15, 0.2) is 0 Å². The van der Waals surface area contributed by atoms with Gasteiger partial charge in [0.25, 0.3) is 0 Å². The van der Waals surface area contributed by atoms with E-state index in [0.717, 1.165) is 0 Å². The zero-order chi connectivity index (χ0) is 34.5. The Bertz CT molecular complexity index is 756. The van der Waals surface area contributed by atoms with Crippen LogP contribution in [0.25, 0.3) is 0 Å². The van der Waals surface area contributed by atoms with E-state index in [1.54, 1.807) is 6.92 Å². The van der Waals surface area contributed by atoms with Crippen LogP contribution in [0, 0.1) is 0 Å². The molecule has 16 heteroatoms. The summed E-state index contributed by atoms with van der Waals surface area (Å²) < 4.78 is 59.1. The first-order chi connectivity index (χ1) is 22.9. The standard InChI is InChI=1S/C31H57NO15/c1-28(2)31(36)47-27-26-46-25-24-45-23-22-44-21-20-43-19-18-42-17-16-41-15-14-40-13-12-39-11-10-38-9-8-37-7-3-6-32-29(33)4-5-30(34)35/h1,3-27H2,2H3,(H,32,33)(H,34,35). The van der Waals surface area contributed by atoms with Crippen LogP contribution in [-0.2, 0) is 66.5 Å². The molecular formula is C31H57NO15. The topological polar surface area (TPSA) is 185 Å². The highest BCUT2D eigenvalue weighted by Gasteiger charge is 2.04. The minimum absolute atomic E-state index is 0.0137. The second-order valence-electron chi connectivity index (χ2n) is 9.64. The third kappa shape index (κ3) is 38.1. The number of carbonyl (C=O) groups excluding carboxylic acids is 2. The van der Waals surface area contributed by atoms with Gasteiger partial charge in [0, 0.05) is 25.1 Å². The van der Waals surface area contributed by atoms with Crippen molar-refractivity contribution < 1.29 is 71.6 Å². The average Bonchev–Trinajstić information content (AvgIpc) is 3.05. The Morgan fingerprint density at radius 3 is 1.09 bits per heavy atom. The molecule has 0 spiro atoms. The van der Waals surface area contributed by atoms with Crippen LogP contribution in [0.1, 0.15) is 26.2 Å². The minimum Gasteiger partial charge on any atom is -0.481 e. The first-order valence-electron chi connectivity index (χ1n) is 16.0. The molecule has 0 aliphatic rings. The van der Waals surface area contributed by atoms with Crippen molar-refractivity contribution in [3.63, 3.8) is 0 Å². The molecule has 0 rings (SSSR count). The maximum atomic E-state index is 11.4. The molecule has 0 unspecified atom stereocenters. The maximum absolute atomic E-state index is 11.4. The summed E-state index contributed by atoms with van der Waals surface area (Å²) in [5, 5.41) is 11.2. The number of carbonyl (C=O) groups is 3. The lowest BCUT2D eigenvalue weighted by molar-refractivity contribution is -0.140. The number of nitrogens with one attached hydrogen (secondary N) is 1. The third-order valence-electron chi connectivity index (χ3n) is 5.51. The van der Waals surface area contributed by atoms with Gasteiger partial charge in [-0.05, 0) is 13.3 Å². The molecule has 0 heterocycles. The van der Waals surface area contributed by atoms with Crippen molar-refractivity contribution in [3.8, 4) is 0 Å². The first-order valence-corrected chi connectivity index (χ1v) is 16.0. The number of carboxylic acid groups (broad SMARTS) is 1. The van der Waals surface area contributed by atoms with Gasteiger partial charge in [-0.3, -0.25) is 9.59 Å². The Balaban J connectivity index is 3.11. The SMILES string of the molecule is C=C(C)C(=O)OCCOCCOCCOCCOCCOCCOCCOCCOCCOCCOCCCNC(=O)CCC(=O)O. The van der Waals surface area contributed by atoms with E-state index >= 15 is 0 Å². The molecule has 16 nitrogen and oxygen atoms in total. The van der Waals surface area contributed by atoms with Crippen molar-refractivity contribution in [3.05, 3.63) is 12.2 Å². The molecule has 0 aromatic carbocycles. The third-order valence-corrected chi connectivity index (χ3v) is 5.51. The lowest BCUT2D eigenvalue weighted by atomic mass is 10.3. The molecule has 47 heavy (non-hydrogen) atoms. The molecule has 0 radical (unpaired) electrons. The van der Waals surface area contributed by atoms with E-state index in [9.17, 15) is 14.4 Å². The molecule has 0 saturated heterocycles. The molecule has 0 saturated carbocycles. The number of ether oxygens (including phenoxy) is 11. The van der Waals surface area contributed by atoms with Crippen LogP contribution in [-0.4, -0.2) is 168 Å². The Labute approximate surface area is 278 Å². The average molecular weight is 684 g/mol. The summed E-state index contributed by atoms with van der Waals surface area (Å²) >= 11 is 0. The number of hydrogen-bond donors (Lipinski definition) is 2. The van der Waals surface area contributed by atoms with Crippen molar-refractivity contribution in [2.75, 3.05) is 145 Å². The molecule has 0 fully saturated rings. The quantitative estimate of drug-likeness (QED) is 0.0525. The van der Waals surface area contributed by atoms with Crippen molar-refractivity contribution in [1.82, 2.24) is 5.32 Å². The molecule has 1 amide bonds. The van der Waals surface area contributed by atoms with Gasteiger partial charge in [-0.2, -0.15) is 0 Å². The van der Waals surface area contributed by atoms with E-state index in [1.165, 1.54) is 0 Å². The van der Waals surface area contributed by atoms with E-state index in [-0.39, 0.29) is 25.4 Å². The molecule has 0 aliphatic carbocycles. The summed E-state index contributed by atoms with van der Waals surface area (Å²) in [6, 6.07) is 0. The van der Waals surface area contributed by atoms with Crippen LogP contribution >= 0.6 is 0 Å². The molecule has 276 valence electrons. The van der Waals surface area contributed by atoms with Gasteiger partial charge in [-0.15, -0.1) is 0 Å². The van der Waals surface area contributed by atoms with Crippen molar-refractivity contribution in [1.29, 1.82) is 0 Å². The fourth-order valence-corrected chi connectivity index (χ4v) is 3.11. The largest absolute Gasteiger partial charge is 0.481 e. The predicted octanol–water partition coefficient (Wildman–Crippen LogP) is 0.643. The lowest BCUT2D eigenvalue weighted by Crippen LogP contribution is -2.25. The van der Waals surface area contributed by atoms with E-state index < -0.39 is 11.9 Å². The van der Waals surface area contributed by atoms with E-state index in [2.05, 4.69) is 11.9 Å². The van der Waals surface area contributed by atoms with Crippen molar-refractivity contribution in [2.24, 2.45) is 0 Å². The predicted molar refractivity (Wildman–Crippen MR) is 168 cm³/mol. The summed E-state index contributed by atoms with van der Waals surface area (Å²) in [7, 11) is 0. The smallest absolute Gasteiger partial charge is 0.333 e. The molecule has 0 aliphatic heterocycles. The summed E-state index contributed by atoms with van der Waals surface area (Å²) in [6.07, 6.45) is 0.466. The van der Waals surface area contributed by atoms with Crippen LogP contribution in [0.3, 0.4) is 0 Å². The number of esters is 1. The van der Waals surface area contributed by atoms with Crippen LogP contribution in [0.4, 0.5) is 0 Å². The number of amides is 1. The van der Waals surface area contributed by atoms with E-state index in [1.807, 2.05) is 0 Å². The molecule has 0 bridgehead atoms. The zero-order valence-electron chi connectivity index (χ0n) is 28.0. The summed E-state index contributed by atoms with van der Waals surface area (Å²) in [4.78, 5) is 32.9. The normalized spacial score (nSPS) is 11.1. The van der Waals surface area contributed by atoms with Crippen molar-refractivity contribution >= 4 is 17.8 Å². The molecular weight excluding hydrogens is 626 g/mol. The van der Waals surface area contributed by atoms with Gasteiger partial charge in [-0.25, -0.2) is 4.79 Å². The van der Waals surface area contributed by atoms with Gasteiger partial charge in [-0.1, -0.05) is 6.58 Å². The minimum atomic E-state index is -0.986. The molecule has 0 aromatic rings. The maximum Gasteiger partial charge on any atom is 0.333 e. The number of aliphatic carboxylic acids is 1. The molecule has 0 atom stereocenters. The highest BCUT2D eigenvalue weighted by Crippen LogP contribution is 1.92. The van der Waals surface area contributed by atoms with Crippen LogP contribution in [0.5, 0.6) is 0 Å². The summed E-state index contributed by atoms with van der Waals surface area (Å²) in [6.45, 7) is 14.8. The van der Waals surface area contributed by atoms with Gasteiger partial charge in [0.2, 0.25) is 5.91 Å². The van der Waals surface area contributed by atoms with Crippen molar-refractivity contribution in [2.45, 2.75) is 26.2 Å². The van der Waals surface area contributed by atoms with Crippen LogP contribution < -0.4 is 5.32 Å².